The van der Waals surface area contributed by atoms with Gasteiger partial charge in [0.05, 0.1) is 13.2 Å². The third-order valence-electron chi connectivity index (χ3n) is 3.12. The molecule has 0 amide bonds. The van der Waals surface area contributed by atoms with Crippen LogP contribution in [-0.4, -0.2) is 39.8 Å². The molecule has 2 aromatic heterocycles. The highest BCUT2D eigenvalue weighted by Crippen LogP contribution is 2.24. The van der Waals surface area contributed by atoms with Crippen LogP contribution < -0.4 is 0 Å². The van der Waals surface area contributed by atoms with Gasteiger partial charge >= 0.3 is 0 Å². The highest BCUT2D eigenvalue weighted by molar-refractivity contribution is 5.09. The summed E-state index contributed by atoms with van der Waals surface area (Å²) in [6.45, 7) is 4.91. The minimum atomic E-state index is 0.0508. The lowest BCUT2D eigenvalue weighted by atomic mass is 10.2. The fourth-order valence-corrected chi connectivity index (χ4v) is 2.19. The fourth-order valence-electron chi connectivity index (χ4n) is 2.19. The second-order valence-corrected chi connectivity index (χ2v) is 4.46. The Morgan fingerprint density at radius 2 is 2.50 bits per heavy atom. The molecule has 18 heavy (non-hydrogen) atoms. The van der Waals surface area contributed by atoms with Gasteiger partial charge in [-0.15, -0.1) is 0 Å². The van der Waals surface area contributed by atoms with Gasteiger partial charge in [-0.05, 0) is 18.6 Å². The van der Waals surface area contributed by atoms with Gasteiger partial charge in [-0.25, -0.2) is 0 Å². The van der Waals surface area contributed by atoms with Crippen molar-refractivity contribution in [2.75, 3.05) is 19.8 Å². The van der Waals surface area contributed by atoms with E-state index in [9.17, 15) is 0 Å². The molecule has 1 aliphatic rings. The van der Waals surface area contributed by atoms with Crippen molar-refractivity contribution in [2.24, 2.45) is 0 Å². The van der Waals surface area contributed by atoms with Gasteiger partial charge in [0.1, 0.15) is 6.04 Å². The molecule has 0 aromatic carbocycles. The van der Waals surface area contributed by atoms with E-state index >= 15 is 0 Å². The maximum Gasteiger partial charge on any atom is 0.246 e. The topological polar surface area (TPSA) is 67.2 Å². The van der Waals surface area contributed by atoms with Gasteiger partial charge in [0.15, 0.2) is 5.82 Å². The van der Waals surface area contributed by atoms with Gasteiger partial charge in [0.25, 0.3) is 0 Å². The van der Waals surface area contributed by atoms with E-state index in [1.165, 1.54) is 5.56 Å². The summed E-state index contributed by atoms with van der Waals surface area (Å²) < 4.78 is 10.8. The Morgan fingerprint density at radius 3 is 3.22 bits per heavy atom. The van der Waals surface area contributed by atoms with Crippen molar-refractivity contribution in [3.05, 3.63) is 35.7 Å². The first-order valence-electron chi connectivity index (χ1n) is 6.06. The third kappa shape index (κ3) is 2.30. The predicted molar refractivity (Wildman–Crippen MR) is 63.8 cm³/mol. The van der Waals surface area contributed by atoms with Crippen LogP contribution in [0.25, 0.3) is 0 Å². The van der Waals surface area contributed by atoms with Gasteiger partial charge in [0, 0.05) is 25.5 Å². The van der Waals surface area contributed by atoms with Crippen LogP contribution in [0.4, 0.5) is 0 Å². The molecule has 2 aromatic rings. The summed E-state index contributed by atoms with van der Waals surface area (Å²) in [5, 5.41) is 3.85. The fraction of sp³-hybridized carbons (Fsp3) is 0.500. The Labute approximate surface area is 105 Å². The molecule has 1 N–H and O–H groups in total. The van der Waals surface area contributed by atoms with Crippen molar-refractivity contribution in [1.82, 2.24) is 20.0 Å². The summed E-state index contributed by atoms with van der Waals surface area (Å²) >= 11 is 0. The number of H-pyrrole nitrogens is 1. The summed E-state index contributed by atoms with van der Waals surface area (Å²) in [5.41, 5.74) is 1.25. The first-order chi connectivity index (χ1) is 8.83. The number of aromatic nitrogens is 3. The number of rotatable bonds is 3. The Morgan fingerprint density at radius 1 is 1.56 bits per heavy atom. The lowest BCUT2D eigenvalue weighted by molar-refractivity contribution is -0.0240. The lowest BCUT2D eigenvalue weighted by Crippen LogP contribution is -2.39. The van der Waals surface area contributed by atoms with Crippen LogP contribution in [0.15, 0.2) is 23.0 Å². The van der Waals surface area contributed by atoms with Crippen LogP contribution in [0.5, 0.6) is 0 Å². The first-order valence-corrected chi connectivity index (χ1v) is 6.06. The second kappa shape index (κ2) is 4.91. The molecule has 3 rings (SSSR count). The van der Waals surface area contributed by atoms with Crippen molar-refractivity contribution < 1.29 is 9.26 Å². The number of hydrogen-bond acceptors (Lipinski definition) is 5. The molecule has 0 unspecified atom stereocenters. The minimum absolute atomic E-state index is 0.0508. The van der Waals surface area contributed by atoms with E-state index in [2.05, 4.69) is 26.1 Å². The molecule has 0 bridgehead atoms. The zero-order valence-corrected chi connectivity index (χ0v) is 10.3. The van der Waals surface area contributed by atoms with Crippen molar-refractivity contribution >= 4 is 0 Å². The highest BCUT2D eigenvalue weighted by atomic mass is 16.5. The number of nitrogens with zero attached hydrogens (tertiary/aromatic N) is 3. The lowest BCUT2D eigenvalue weighted by Gasteiger charge is -2.32. The van der Waals surface area contributed by atoms with E-state index in [0.29, 0.717) is 18.3 Å². The average molecular weight is 248 g/mol. The van der Waals surface area contributed by atoms with Gasteiger partial charge in [-0.3, -0.25) is 4.90 Å². The first kappa shape index (κ1) is 11.4. The van der Waals surface area contributed by atoms with Crippen LogP contribution >= 0.6 is 0 Å². The number of nitrogens with one attached hydrogen (secondary N) is 1. The van der Waals surface area contributed by atoms with Gasteiger partial charge in [0.2, 0.25) is 5.89 Å². The Balaban J connectivity index is 1.77. The molecule has 1 fully saturated rings. The summed E-state index contributed by atoms with van der Waals surface area (Å²) in [5.74, 6) is 1.31. The molecule has 1 aliphatic heterocycles. The van der Waals surface area contributed by atoms with E-state index < -0.39 is 0 Å². The molecule has 6 nitrogen and oxygen atoms in total. The normalized spacial score (nSPS) is 21.3. The number of aromatic amines is 1. The molecule has 6 heteroatoms. The quantitative estimate of drug-likeness (QED) is 0.886. The van der Waals surface area contributed by atoms with Crippen molar-refractivity contribution in [2.45, 2.75) is 19.5 Å². The van der Waals surface area contributed by atoms with Gasteiger partial charge in [-0.2, -0.15) is 4.98 Å². The molecular weight excluding hydrogens is 232 g/mol. The molecule has 0 aliphatic carbocycles. The highest BCUT2D eigenvalue weighted by Gasteiger charge is 2.29. The number of ether oxygens (including phenoxy) is 1. The maximum atomic E-state index is 5.52. The Bertz CT molecular complexity index is 494. The van der Waals surface area contributed by atoms with Crippen LogP contribution in [0, 0.1) is 6.92 Å². The smallest absolute Gasteiger partial charge is 0.246 e. The predicted octanol–water partition coefficient (Wildman–Crippen LogP) is 1.28. The molecule has 96 valence electrons. The van der Waals surface area contributed by atoms with E-state index in [1.54, 1.807) is 0 Å². The zero-order valence-electron chi connectivity index (χ0n) is 10.3. The molecule has 1 saturated heterocycles. The summed E-state index contributed by atoms with van der Waals surface area (Å²) in [7, 11) is 0. The second-order valence-electron chi connectivity index (χ2n) is 4.46. The third-order valence-corrected chi connectivity index (χ3v) is 3.12. The number of hydrogen-bond donors (Lipinski definition) is 1. The largest absolute Gasteiger partial charge is 0.378 e. The summed E-state index contributed by atoms with van der Waals surface area (Å²) in [6, 6.07) is 2.13. The van der Waals surface area contributed by atoms with Gasteiger partial charge in [-0.1, -0.05) is 5.16 Å². The van der Waals surface area contributed by atoms with E-state index in [0.717, 1.165) is 19.7 Å². The number of aryl methyl sites for hydroxylation is 1. The van der Waals surface area contributed by atoms with Gasteiger partial charge < -0.3 is 14.2 Å². The SMILES string of the molecule is Cc1noc([C@@H]2COCCN2Cc2cc[nH]c2)n1. The maximum absolute atomic E-state index is 5.52. The molecule has 0 radical (unpaired) electrons. The van der Waals surface area contributed by atoms with E-state index in [-0.39, 0.29) is 6.04 Å². The summed E-state index contributed by atoms with van der Waals surface area (Å²) in [4.78, 5) is 9.68. The van der Waals surface area contributed by atoms with Crippen LogP contribution in [0.2, 0.25) is 0 Å². The standard InChI is InChI=1S/C12H16N4O2/c1-9-14-12(18-15-9)11-8-17-5-4-16(11)7-10-2-3-13-6-10/h2-3,6,11,13H,4-5,7-8H2,1H3/t11-/m0/s1. The van der Waals surface area contributed by atoms with E-state index in [1.807, 2.05) is 19.3 Å². The van der Waals surface area contributed by atoms with Crippen LogP contribution in [0.1, 0.15) is 23.3 Å². The summed E-state index contributed by atoms with van der Waals surface area (Å²) in [6.07, 6.45) is 3.94. The van der Waals surface area contributed by atoms with Crippen LogP contribution in [0.3, 0.4) is 0 Å². The zero-order chi connectivity index (χ0) is 12.4. The minimum Gasteiger partial charge on any atom is -0.378 e. The van der Waals surface area contributed by atoms with Crippen LogP contribution in [-0.2, 0) is 11.3 Å². The van der Waals surface area contributed by atoms with Crippen molar-refractivity contribution in [1.29, 1.82) is 0 Å². The molecule has 0 spiro atoms. The molecule has 1 atom stereocenters. The van der Waals surface area contributed by atoms with Crippen molar-refractivity contribution in [3.63, 3.8) is 0 Å². The molecule has 0 saturated carbocycles. The molecular formula is C12H16N4O2. The van der Waals surface area contributed by atoms with Crippen molar-refractivity contribution in [3.8, 4) is 0 Å². The number of morpholine rings is 1. The Hall–Kier alpha value is -1.66. The van der Waals surface area contributed by atoms with E-state index in [4.69, 9.17) is 9.26 Å². The molecule has 3 heterocycles. The monoisotopic (exact) mass is 248 g/mol. The average Bonchev–Trinajstić information content (AvgIpc) is 3.02. The Kier molecular flexibility index (Phi) is 3.12.